The highest BCUT2D eigenvalue weighted by atomic mass is 35.5. The predicted molar refractivity (Wildman–Crippen MR) is 110 cm³/mol. The van der Waals surface area contributed by atoms with Crippen LogP contribution >= 0.6 is 12.4 Å². The lowest BCUT2D eigenvalue weighted by molar-refractivity contribution is -0.126. The number of nitrogen functional groups attached to an aromatic ring is 1. The van der Waals surface area contributed by atoms with E-state index in [-0.39, 0.29) is 36.0 Å². The van der Waals surface area contributed by atoms with E-state index < -0.39 is 0 Å². The summed E-state index contributed by atoms with van der Waals surface area (Å²) in [6.07, 6.45) is 1.24. The summed E-state index contributed by atoms with van der Waals surface area (Å²) in [4.78, 5) is 26.7. The zero-order valence-corrected chi connectivity index (χ0v) is 16.6. The molecule has 1 heterocycles. The highest BCUT2D eigenvalue weighted by Crippen LogP contribution is 2.20. The molecule has 1 aliphatic rings. The Hall–Kier alpha value is -2.60. The Bertz CT molecular complexity index is 834. The molecule has 2 amide bonds. The summed E-state index contributed by atoms with van der Waals surface area (Å²) in [5, 5.41) is 2.87. The zero-order valence-electron chi connectivity index (χ0n) is 15.8. The highest BCUT2D eigenvalue weighted by Gasteiger charge is 2.27. The molecule has 1 fully saturated rings. The molecule has 0 radical (unpaired) electrons. The van der Waals surface area contributed by atoms with Gasteiger partial charge in [-0.2, -0.15) is 0 Å². The van der Waals surface area contributed by atoms with Crippen LogP contribution in [0.25, 0.3) is 0 Å². The molecule has 0 unspecified atom stereocenters. The van der Waals surface area contributed by atoms with E-state index in [0.29, 0.717) is 49.3 Å². The molecule has 7 heteroatoms. The van der Waals surface area contributed by atoms with Gasteiger partial charge in [-0.05, 0) is 61.2 Å². The summed E-state index contributed by atoms with van der Waals surface area (Å²) < 4.78 is 13.6. The lowest BCUT2D eigenvalue weighted by Gasteiger charge is -2.31. The lowest BCUT2D eigenvalue weighted by atomic mass is 9.95. The fraction of sp³-hybridized carbons (Fsp3) is 0.333. The van der Waals surface area contributed by atoms with Crippen molar-refractivity contribution in [2.24, 2.45) is 5.92 Å². The standard InChI is InChI=1S/C21H24FN3O2.ClH/c1-14-2-3-15(12-19(14)22)13-24-20(26)16-8-10-25(11-9-16)21(27)17-4-6-18(23)7-5-17;/h2-7,12,16H,8-11,13,23H2,1H3,(H,24,26);1H. The summed E-state index contributed by atoms with van der Waals surface area (Å²) in [7, 11) is 0. The maximum absolute atomic E-state index is 13.6. The molecule has 2 aromatic carbocycles. The number of carbonyl (C=O) groups is 2. The van der Waals surface area contributed by atoms with Crippen molar-refractivity contribution in [1.82, 2.24) is 10.2 Å². The lowest BCUT2D eigenvalue weighted by Crippen LogP contribution is -2.42. The van der Waals surface area contributed by atoms with Crippen LogP contribution in [-0.4, -0.2) is 29.8 Å². The number of halogens is 2. The number of hydrogen-bond acceptors (Lipinski definition) is 3. The number of hydrogen-bond donors (Lipinski definition) is 2. The Labute approximate surface area is 170 Å². The molecule has 0 saturated carbocycles. The van der Waals surface area contributed by atoms with E-state index in [1.165, 1.54) is 6.07 Å². The number of carbonyl (C=O) groups excluding carboxylic acids is 2. The van der Waals surface area contributed by atoms with Crippen LogP contribution in [0.15, 0.2) is 42.5 Å². The molecule has 0 atom stereocenters. The van der Waals surface area contributed by atoms with Gasteiger partial charge in [-0.1, -0.05) is 12.1 Å². The number of amides is 2. The second-order valence-electron chi connectivity index (χ2n) is 6.99. The third-order valence-electron chi connectivity index (χ3n) is 5.01. The topological polar surface area (TPSA) is 75.4 Å². The molecule has 1 saturated heterocycles. The van der Waals surface area contributed by atoms with Crippen LogP contribution in [0.1, 0.15) is 34.3 Å². The van der Waals surface area contributed by atoms with E-state index >= 15 is 0 Å². The monoisotopic (exact) mass is 405 g/mol. The predicted octanol–water partition coefficient (Wildman–Crippen LogP) is 3.31. The second-order valence-corrected chi connectivity index (χ2v) is 6.99. The number of nitrogens with two attached hydrogens (primary N) is 1. The van der Waals surface area contributed by atoms with Crippen LogP contribution in [0.4, 0.5) is 10.1 Å². The fourth-order valence-electron chi connectivity index (χ4n) is 3.23. The first-order valence-electron chi connectivity index (χ1n) is 9.11. The molecule has 3 rings (SSSR count). The Morgan fingerprint density at radius 2 is 1.79 bits per heavy atom. The maximum Gasteiger partial charge on any atom is 0.253 e. The van der Waals surface area contributed by atoms with E-state index in [1.54, 1.807) is 42.2 Å². The largest absolute Gasteiger partial charge is 0.399 e. The average Bonchev–Trinajstić information content (AvgIpc) is 2.69. The third kappa shape index (κ3) is 5.23. The van der Waals surface area contributed by atoms with E-state index in [1.807, 2.05) is 6.07 Å². The van der Waals surface area contributed by atoms with Gasteiger partial charge in [0.2, 0.25) is 5.91 Å². The van der Waals surface area contributed by atoms with E-state index in [2.05, 4.69) is 5.32 Å². The fourth-order valence-corrected chi connectivity index (χ4v) is 3.23. The molecule has 0 spiro atoms. The SMILES string of the molecule is Cc1ccc(CNC(=O)C2CCN(C(=O)c3ccc(N)cc3)CC2)cc1F.Cl. The molecule has 3 N–H and O–H groups in total. The van der Waals surface area contributed by atoms with Gasteiger partial charge < -0.3 is 16.0 Å². The molecule has 0 aliphatic carbocycles. The van der Waals surface area contributed by atoms with E-state index in [9.17, 15) is 14.0 Å². The first kappa shape index (κ1) is 21.7. The highest BCUT2D eigenvalue weighted by molar-refractivity contribution is 5.94. The molecule has 5 nitrogen and oxygen atoms in total. The second kappa shape index (κ2) is 9.55. The molecule has 0 aromatic heterocycles. The van der Waals surface area contributed by atoms with Crippen molar-refractivity contribution in [3.63, 3.8) is 0 Å². The Morgan fingerprint density at radius 3 is 2.39 bits per heavy atom. The normalized spacial score (nSPS) is 14.3. The van der Waals surface area contributed by atoms with Crippen molar-refractivity contribution in [3.05, 3.63) is 65.0 Å². The number of benzene rings is 2. The zero-order chi connectivity index (χ0) is 19.4. The summed E-state index contributed by atoms with van der Waals surface area (Å²) in [6.45, 7) is 3.10. The van der Waals surface area contributed by atoms with Gasteiger partial charge >= 0.3 is 0 Å². The van der Waals surface area contributed by atoms with Crippen molar-refractivity contribution in [2.75, 3.05) is 18.8 Å². The van der Waals surface area contributed by atoms with Crippen molar-refractivity contribution < 1.29 is 14.0 Å². The van der Waals surface area contributed by atoms with Gasteiger partial charge in [-0.25, -0.2) is 4.39 Å². The average molecular weight is 406 g/mol. The molecule has 0 bridgehead atoms. The van der Waals surface area contributed by atoms with Crippen molar-refractivity contribution in [1.29, 1.82) is 0 Å². The smallest absolute Gasteiger partial charge is 0.253 e. The minimum absolute atomic E-state index is 0. The van der Waals surface area contributed by atoms with Crippen molar-refractivity contribution in [2.45, 2.75) is 26.3 Å². The van der Waals surface area contributed by atoms with Gasteiger partial charge in [-0.15, -0.1) is 12.4 Å². The number of nitrogens with zero attached hydrogens (tertiary/aromatic N) is 1. The van der Waals surface area contributed by atoms with Crippen LogP contribution in [0.3, 0.4) is 0 Å². The summed E-state index contributed by atoms with van der Waals surface area (Å²) in [6, 6.07) is 11.8. The number of nitrogens with one attached hydrogen (secondary N) is 1. The molecule has 1 aliphatic heterocycles. The Kier molecular flexibility index (Phi) is 7.40. The van der Waals surface area contributed by atoms with E-state index in [0.717, 1.165) is 5.56 Å². The van der Waals surface area contributed by atoms with Gasteiger partial charge in [0.05, 0.1) is 0 Å². The van der Waals surface area contributed by atoms with Gasteiger partial charge in [-0.3, -0.25) is 9.59 Å². The van der Waals surface area contributed by atoms with Crippen molar-refractivity contribution >= 4 is 29.9 Å². The quantitative estimate of drug-likeness (QED) is 0.766. The molecule has 2 aromatic rings. The van der Waals surface area contributed by atoms with Gasteiger partial charge in [0.1, 0.15) is 5.82 Å². The first-order valence-corrected chi connectivity index (χ1v) is 9.11. The molecule has 150 valence electrons. The van der Waals surface area contributed by atoms with Gasteiger partial charge in [0.15, 0.2) is 0 Å². The molecule has 28 heavy (non-hydrogen) atoms. The van der Waals surface area contributed by atoms with Crippen LogP contribution in [0.2, 0.25) is 0 Å². The van der Waals surface area contributed by atoms with Crippen LogP contribution in [0, 0.1) is 18.7 Å². The first-order chi connectivity index (χ1) is 12.9. The van der Waals surface area contributed by atoms with Crippen LogP contribution < -0.4 is 11.1 Å². The number of piperidine rings is 1. The molecular weight excluding hydrogens is 381 g/mol. The maximum atomic E-state index is 13.6. The summed E-state index contributed by atoms with van der Waals surface area (Å²) >= 11 is 0. The van der Waals surface area contributed by atoms with Gasteiger partial charge in [0, 0.05) is 36.8 Å². The number of rotatable bonds is 4. The summed E-state index contributed by atoms with van der Waals surface area (Å²) in [5.74, 6) is -0.480. The minimum Gasteiger partial charge on any atom is -0.399 e. The number of anilines is 1. The minimum atomic E-state index is -0.267. The summed E-state index contributed by atoms with van der Waals surface area (Å²) in [5.41, 5.74) is 8.20. The van der Waals surface area contributed by atoms with Crippen LogP contribution in [0.5, 0.6) is 0 Å². The number of likely N-dealkylation sites (tertiary alicyclic amines) is 1. The Balaban J connectivity index is 0.00000280. The Morgan fingerprint density at radius 1 is 1.14 bits per heavy atom. The number of aryl methyl sites for hydroxylation is 1. The van der Waals surface area contributed by atoms with Crippen molar-refractivity contribution in [3.8, 4) is 0 Å². The third-order valence-corrected chi connectivity index (χ3v) is 5.01. The molecular formula is C21H25ClFN3O2. The van der Waals surface area contributed by atoms with E-state index in [4.69, 9.17) is 5.73 Å². The van der Waals surface area contributed by atoms with Crippen LogP contribution in [-0.2, 0) is 11.3 Å². The van der Waals surface area contributed by atoms with Gasteiger partial charge in [0.25, 0.3) is 5.91 Å².